The van der Waals surface area contributed by atoms with Crippen LogP contribution in [-0.4, -0.2) is 17.5 Å². The van der Waals surface area contributed by atoms with E-state index in [0.29, 0.717) is 11.9 Å². The van der Waals surface area contributed by atoms with E-state index in [0.717, 1.165) is 12.8 Å². The molecule has 1 aliphatic carbocycles. The Labute approximate surface area is 74.3 Å². The molecule has 0 atom stereocenters. The van der Waals surface area contributed by atoms with Crippen molar-refractivity contribution in [3.05, 3.63) is 0 Å². The average molecular weight is 170 g/mol. The molecule has 0 spiro atoms. The molecule has 0 radical (unpaired) electrons. The molecule has 0 bridgehead atoms. The van der Waals surface area contributed by atoms with Gasteiger partial charge in [-0.1, -0.05) is 0 Å². The molecule has 2 nitrogen and oxygen atoms in total. The Morgan fingerprint density at radius 2 is 1.83 bits per heavy atom. The Bertz CT molecular complexity index is 173. The summed E-state index contributed by atoms with van der Waals surface area (Å²) in [6.07, 6.45) is 2.16. The predicted octanol–water partition coefficient (Wildman–Crippen LogP) is 2.17. The molecule has 0 saturated heterocycles. The van der Waals surface area contributed by atoms with E-state index in [1.165, 1.54) is 0 Å². The molecule has 1 rings (SSSR count). The second kappa shape index (κ2) is 3.17. The fraction of sp³-hybridized carbons (Fsp3) is 0.900. The van der Waals surface area contributed by atoms with Crippen LogP contribution in [0.15, 0.2) is 0 Å². The zero-order valence-corrected chi connectivity index (χ0v) is 8.39. The van der Waals surface area contributed by atoms with E-state index < -0.39 is 0 Å². The molecular weight excluding hydrogens is 152 g/mol. The molecule has 0 aliphatic heterocycles. The maximum Gasteiger partial charge on any atom is 0.133 e. The van der Waals surface area contributed by atoms with Gasteiger partial charge in [-0.05, 0) is 40.5 Å². The van der Waals surface area contributed by atoms with Gasteiger partial charge in [0.15, 0.2) is 0 Å². The molecule has 1 aliphatic rings. The van der Waals surface area contributed by atoms with E-state index in [9.17, 15) is 4.79 Å². The van der Waals surface area contributed by atoms with E-state index in [2.05, 4.69) is 0 Å². The van der Waals surface area contributed by atoms with Crippen LogP contribution in [0, 0.1) is 5.92 Å². The van der Waals surface area contributed by atoms with Crippen LogP contribution in [0.1, 0.15) is 40.5 Å². The highest BCUT2D eigenvalue weighted by molar-refractivity contribution is 5.79. The van der Waals surface area contributed by atoms with Crippen molar-refractivity contribution in [3.8, 4) is 0 Å². The first kappa shape index (κ1) is 9.72. The number of rotatable bonds is 2. The predicted molar refractivity (Wildman–Crippen MR) is 48.0 cm³/mol. The van der Waals surface area contributed by atoms with Gasteiger partial charge in [0.25, 0.3) is 0 Å². The first-order chi connectivity index (χ1) is 5.38. The van der Waals surface area contributed by atoms with Crippen LogP contribution in [0.5, 0.6) is 0 Å². The molecule has 12 heavy (non-hydrogen) atoms. The van der Waals surface area contributed by atoms with Crippen LogP contribution >= 0.6 is 0 Å². The molecule has 0 heterocycles. The van der Waals surface area contributed by atoms with Gasteiger partial charge in [0.2, 0.25) is 0 Å². The second-order valence-electron chi connectivity index (χ2n) is 4.63. The molecular formula is C10H18O2. The van der Waals surface area contributed by atoms with Crippen molar-refractivity contribution in [1.82, 2.24) is 0 Å². The molecule has 0 aromatic heterocycles. The van der Waals surface area contributed by atoms with E-state index >= 15 is 0 Å². The van der Waals surface area contributed by atoms with Crippen LogP contribution in [0.3, 0.4) is 0 Å². The van der Waals surface area contributed by atoms with Crippen molar-refractivity contribution in [2.45, 2.75) is 52.2 Å². The lowest BCUT2D eigenvalue weighted by Crippen LogP contribution is -2.40. The van der Waals surface area contributed by atoms with Gasteiger partial charge >= 0.3 is 0 Å². The molecule has 0 N–H and O–H groups in total. The Hall–Kier alpha value is -0.370. The summed E-state index contributed by atoms with van der Waals surface area (Å²) in [6, 6.07) is 0. The highest BCUT2D eigenvalue weighted by atomic mass is 16.5. The monoisotopic (exact) mass is 170 g/mol. The molecule has 2 heteroatoms. The van der Waals surface area contributed by atoms with Crippen LogP contribution in [-0.2, 0) is 9.53 Å². The van der Waals surface area contributed by atoms with Crippen LogP contribution in [0.2, 0.25) is 0 Å². The first-order valence-electron chi connectivity index (χ1n) is 4.57. The van der Waals surface area contributed by atoms with Gasteiger partial charge in [-0.2, -0.15) is 0 Å². The normalized spacial score (nSPS) is 29.7. The third-order valence-electron chi connectivity index (χ3n) is 2.19. The molecule has 0 unspecified atom stereocenters. The van der Waals surface area contributed by atoms with Crippen LogP contribution < -0.4 is 0 Å². The first-order valence-corrected chi connectivity index (χ1v) is 4.57. The third kappa shape index (κ3) is 2.59. The van der Waals surface area contributed by atoms with Crippen LogP contribution in [0.25, 0.3) is 0 Å². The Balaban J connectivity index is 2.22. The fourth-order valence-corrected chi connectivity index (χ4v) is 1.49. The van der Waals surface area contributed by atoms with E-state index in [1.54, 1.807) is 6.92 Å². The van der Waals surface area contributed by atoms with Crippen molar-refractivity contribution >= 4 is 5.78 Å². The number of carbonyl (C=O) groups excluding carboxylic acids is 1. The number of ether oxygens (including phenoxy) is 1. The van der Waals surface area contributed by atoms with Crippen molar-refractivity contribution in [2.24, 2.45) is 5.92 Å². The summed E-state index contributed by atoms with van der Waals surface area (Å²) in [5, 5.41) is 0. The summed E-state index contributed by atoms with van der Waals surface area (Å²) in [5.41, 5.74) is -0.0631. The minimum absolute atomic E-state index is 0.0631. The maximum absolute atomic E-state index is 10.9. The topological polar surface area (TPSA) is 26.3 Å². The van der Waals surface area contributed by atoms with E-state index in [4.69, 9.17) is 4.74 Å². The lowest BCUT2D eigenvalue weighted by atomic mass is 9.79. The lowest BCUT2D eigenvalue weighted by molar-refractivity contribution is -0.140. The van der Waals surface area contributed by atoms with E-state index in [1.807, 2.05) is 20.8 Å². The highest BCUT2D eigenvalue weighted by Gasteiger charge is 2.35. The Kier molecular flexibility index (Phi) is 2.57. The molecule has 0 amide bonds. The summed E-state index contributed by atoms with van der Waals surface area (Å²) >= 11 is 0. The summed E-state index contributed by atoms with van der Waals surface area (Å²) in [4.78, 5) is 10.9. The van der Waals surface area contributed by atoms with Gasteiger partial charge < -0.3 is 4.74 Å². The van der Waals surface area contributed by atoms with Crippen molar-refractivity contribution < 1.29 is 9.53 Å². The minimum atomic E-state index is -0.0631. The van der Waals surface area contributed by atoms with Gasteiger partial charge in [-0.15, -0.1) is 0 Å². The second-order valence-corrected chi connectivity index (χ2v) is 4.63. The molecule has 1 saturated carbocycles. The zero-order chi connectivity index (χ0) is 9.35. The van der Waals surface area contributed by atoms with Gasteiger partial charge in [0.1, 0.15) is 5.78 Å². The minimum Gasteiger partial charge on any atom is -0.373 e. The number of hydrogen-bond acceptors (Lipinski definition) is 2. The van der Waals surface area contributed by atoms with Crippen molar-refractivity contribution in [1.29, 1.82) is 0 Å². The summed E-state index contributed by atoms with van der Waals surface area (Å²) in [7, 11) is 0. The molecule has 0 aromatic rings. The Morgan fingerprint density at radius 1 is 1.33 bits per heavy atom. The maximum atomic E-state index is 10.9. The van der Waals surface area contributed by atoms with Gasteiger partial charge in [-0.25, -0.2) is 0 Å². The number of ketones is 1. The van der Waals surface area contributed by atoms with E-state index in [-0.39, 0.29) is 11.5 Å². The standard InChI is InChI=1S/C10H18O2/c1-7(11)8-5-9(6-8)12-10(2,3)4/h8-9H,5-6H2,1-4H3/t8-,9-. The SMILES string of the molecule is CC(=O)[C@H]1C[C@H](OC(C)(C)C)C1. The smallest absolute Gasteiger partial charge is 0.133 e. The summed E-state index contributed by atoms with van der Waals surface area (Å²) in [6.45, 7) is 7.81. The van der Waals surface area contributed by atoms with Crippen molar-refractivity contribution in [3.63, 3.8) is 0 Å². The number of hydrogen-bond donors (Lipinski definition) is 0. The van der Waals surface area contributed by atoms with Crippen molar-refractivity contribution in [2.75, 3.05) is 0 Å². The fourth-order valence-electron chi connectivity index (χ4n) is 1.49. The summed E-state index contributed by atoms with van der Waals surface area (Å²) < 4.78 is 5.70. The largest absolute Gasteiger partial charge is 0.373 e. The van der Waals surface area contributed by atoms with Gasteiger partial charge in [-0.3, -0.25) is 4.79 Å². The molecule has 0 aromatic carbocycles. The lowest BCUT2D eigenvalue weighted by Gasteiger charge is -2.38. The Morgan fingerprint density at radius 3 is 2.17 bits per heavy atom. The van der Waals surface area contributed by atoms with Gasteiger partial charge in [0.05, 0.1) is 11.7 Å². The quantitative estimate of drug-likeness (QED) is 0.635. The highest BCUT2D eigenvalue weighted by Crippen LogP contribution is 2.33. The number of carbonyl (C=O) groups is 1. The third-order valence-corrected chi connectivity index (χ3v) is 2.19. The zero-order valence-electron chi connectivity index (χ0n) is 8.39. The summed E-state index contributed by atoms with van der Waals surface area (Å²) in [5.74, 6) is 0.584. The van der Waals surface area contributed by atoms with Gasteiger partial charge in [0, 0.05) is 5.92 Å². The molecule has 1 fully saturated rings. The van der Waals surface area contributed by atoms with Crippen LogP contribution in [0.4, 0.5) is 0 Å². The molecule has 70 valence electrons. The number of Topliss-reactive ketones (excluding diaryl/α,β-unsaturated/α-hetero) is 1. The average Bonchev–Trinajstić information content (AvgIpc) is 1.74.